The second-order valence-electron chi connectivity index (χ2n) is 9.23. The van der Waals surface area contributed by atoms with Gasteiger partial charge in [0.15, 0.2) is 0 Å². The van der Waals surface area contributed by atoms with Gasteiger partial charge in [0.1, 0.15) is 17.3 Å². The molecule has 0 radical (unpaired) electrons. The molecule has 1 fully saturated rings. The second kappa shape index (κ2) is 10.9. The van der Waals surface area contributed by atoms with Crippen molar-refractivity contribution in [1.29, 1.82) is 0 Å². The molecule has 3 aromatic carbocycles. The van der Waals surface area contributed by atoms with Crippen molar-refractivity contribution in [3.63, 3.8) is 0 Å². The normalized spacial score (nSPS) is 15.6. The van der Waals surface area contributed by atoms with E-state index in [0.29, 0.717) is 19.6 Å². The molecule has 6 nitrogen and oxygen atoms in total. The van der Waals surface area contributed by atoms with E-state index in [4.69, 9.17) is 14.5 Å². The van der Waals surface area contributed by atoms with Crippen molar-refractivity contribution in [3.8, 4) is 11.5 Å². The van der Waals surface area contributed by atoms with Gasteiger partial charge in [-0.3, -0.25) is 4.79 Å². The van der Waals surface area contributed by atoms with Crippen LogP contribution in [0.15, 0.2) is 72.8 Å². The Hall–Kier alpha value is -3.80. The Kier molecular flexibility index (Phi) is 7.21. The summed E-state index contributed by atoms with van der Waals surface area (Å²) in [6.45, 7) is 4.30. The van der Waals surface area contributed by atoms with E-state index in [9.17, 15) is 4.79 Å². The zero-order chi connectivity index (χ0) is 24.9. The van der Waals surface area contributed by atoms with E-state index in [2.05, 4.69) is 41.8 Å². The Morgan fingerprint density at radius 3 is 2.50 bits per heavy atom. The van der Waals surface area contributed by atoms with Gasteiger partial charge in [0, 0.05) is 31.1 Å². The molecule has 4 aromatic rings. The molecular weight excluding hydrogens is 450 g/mol. The lowest BCUT2D eigenvalue weighted by molar-refractivity contribution is -0.117. The summed E-state index contributed by atoms with van der Waals surface area (Å²) < 4.78 is 13.4. The van der Waals surface area contributed by atoms with Crippen molar-refractivity contribution < 1.29 is 14.3 Å². The lowest BCUT2D eigenvalue weighted by Crippen LogP contribution is -2.25. The third-order valence-electron chi connectivity index (χ3n) is 6.94. The number of para-hydroxylation sites is 3. The van der Waals surface area contributed by atoms with Crippen LogP contribution >= 0.6 is 0 Å². The average Bonchev–Trinajstić information content (AvgIpc) is 3.49. The molecule has 1 atom stereocenters. The zero-order valence-corrected chi connectivity index (χ0v) is 21.0. The largest absolute Gasteiger partial charge is 0.497 e. The van der Waals surface area contributed by atoms with Crippen LogP contribution in [0.4, 0.5) is 5.69 Å². The van der Waals surface area contributed by atoms with Gasteiger partial charge < -0.3 is 18.9 Å². The summed E-state index contributed by atoms with van der Waals surface area (Å²) in [5.41, 5.74) is 4.35. The second-order valence-corrected chi connectivity index (χ2v) is 9.23. The molecule has 1 aliphatic rings. The number of carbonyl (C=O) groups is 1. The topological polar surface area (TPSA) is 56.6 Å². The molecule has 0 bridgehead atoms. The fourth-order valence-corrected chi connectivity index (χ4v) is 5.06. The number of aromatic nitrogens is 2. The van der Waals surface area contributed by atoms with Gasteiger partial charge >= 0.3 is 0 Å². The molecule has 0 unspecified atom stereocenters. The Labute approximate surface area is 212 Å². The Morgan fingerprint density at radius 2 is 1.69 bits per heavy atom. The van der Waals surface area contributed by atoms with E-state index in [0.717, 1.165) is 59.9 Å². The third kappa shape index (κ3) is 4.94. The number of imidazole rings is 1. The number of ether oxygens (including phenoxy) is 2. The number of hydrogen-bond acceptors (Lipinski definition) is 4. The number of amides is 1. The summed E-state index contributed by atoms with van der Waals surface area (Å²) in [7, 11) is 1.66. The highest BCUT2D eigenvalue weighted by molar-refractivity contribution is 5.97. The van der Waals surface area contributed by atoms with Crippen molar-refractivity contribution >= 4 is 22.6 Å². The minimum Gasteiger partial charge on any atom is -0.497 e. The maximum absolute atomic E-state index is 13.1. The molecule has 0 N–H and O–H groups in total. The Balaban J connectivity index is 1.28. The summed E-state index contributed by atoms with van der Waals surface area (Å²) in [6, 6.07) is 24.2. The first kappa shape index (κ1) is 23.9. The maximum Gasteiger partial charge on any atom is 0.227 e. The number of methoxy groups -OCH3 is 1. The number of fused-ring (bicyclic) bond motifs is 1. The number of rotatable bonds is 10. The molecule has 1 amide bonds. The van der Waals surface area contributed by atoms with Crippen molar-refractivity contribution in [2.45, 2.75) is 45.1 Å². The van der Waals surface area contributed by atoms with Crippen LogP contribution in [0.3, 0.4) is 0 Å². The third-order valence-corrected chi connectivity index (χ3v) is 6.94. The number of unbranched alkanes of at least 4 members (excludes halogenated alkanes) is 1. The van der Waals surface area contributed by atoms with E-state index in [1.54, 1.807) is 7.11 Å². The lowest BCUT2D eigenvalue weighted by atomic mass is 10.1. The molecule has 36 heavy (non-hydrogen) atoms. The molecule has 0 spiro atoms. The van der Waals surface area contributed by atoms with E-state index in [-0.39, 0.29) is 11.8 Å². The Bertz CT molecular complexity index is 1330. The van der Waals surface area contributed by atoms with Crippen LogP contribution in [0, 0.1) is 0 Å². The standard InChI is InChI=1S/C30H33N3O3/c1-3-22-10-4-6-12-27(22)33-21-23(20-29(33)34)30-31-26-11-5-7-13-28(26)32(30)18-8-9-19-36-25-16-14-24(35-2)15-17-25/h4-7,10-17,23H,3,8-9,18-21H2,1-2H3/t23-/m1/s1. The smallest absolute Gasteiger partial charge is 0.227 e. The first-order chi connectivity index (χ1) is 17.7. The molecule has 5 rings (SSSR count). The summed E-state index contributed by atoms with van der Waals surface area (Å²) in [5, 5.41) is 0. The lowest BCUT2D eigenvalue weighted by Gasteiger charge is -2.20. The predicted octanol–water partition coefficient (Wildman–Crippen LogP) is 5.99. The molecule has 186 valence electrons. The van der Waals surface area contributed by atoms with Crippen LogP contribution in [0.1, 0.15) is 43.5 Å². The predicted molar refractivity (Wildman–Crippen MR) is 143 cm³/mol. The van der Waals surface area contributed by atoms with Crippen LogP contribution in [0.25, 0.3) is 11.0 Å². The molecule has 0 aliphatic carbocycles. The average molecular weight is 484 g/mol. The van der Waals surface area contributed by atoms with E-state index < -0.39 is 0 Å². The molecule has 6 heteroatoms. The van der Waals surface area contributed by atoms with Crippen molar-refractivity contribution in [2.75, 3.05) is 25.2 Å². The van der Waals surface area contributed by atoms with Gasteiger partial charge in [-0.1, -0.05) is 37.3 Å². The summed E-state index contributed by atoms with van der Waals surface area (Å²) >= 11 is 0. The Morgan fingerprint density at radius 1 is 0.944 bits per heavy atom. The van der Waals surface area contributed by atoms with Gasteiger partial charge in [0.25, 0.3) is 0 Å². The number of aryl methyl sites for hydroxylation is 2. The first-order valence-corrected chi connectivity index (χ1v) is 12.8. The van der Waals surface area contributed by atoms with Crippen LogP contribution in [0.5, 0.6) is 11.5 Å². The highest BCUT2D eigenvalue weighted by atomic mass is 16.5. The van der Waals surface area contributed by atoms with Gasteiger partial charge in [0.05, 0.1) is 24.8 Å². The summed E-state index contributed by atoms with van der Waals surface area (Å²) in [4.78, 5) is 20.0. The monoisotopic (exact) mass is 483 g/mol. The van der Waals surface area contributed by atoms with Crippen molar-refractivity contribution in [2.24, 2.45) is 0 Å². The first-order valence-electron chi connectivity index (χ1n) is 12.8. The van der Waals surface area contributed by atoms with E-state index in [1.807, 2.05) is 47.4 Å². The molecule has 1 aromatic heterocycles. The number of hydrogen-bond donors (Lipinski definition) is 0. The fourth-order valence-electron chi connectivity index (χ4n) is 5.06. The van der Waals surface area contributed by atoms with Crippen LogP contribution in [-0.4, -0.2) is 35.7 Å². The van der Waals surface area contributed by atoms with Crippen LogP contribution < -0.4 is 14.4 Å². The van der Waals surface area contributed by atoms with Gasteiger partial charge in [-0.2, -0.15) is 0 Å². The van der Waals surface area contributed by atoms with Gasteiger partial charge in [-0.25, -0.2) is 4.98 Å². The highest BCUT2D eigenvalue weighted by Gasteiger charge is 2.35. The molecular formula is C30H33N3O3. The van der Waals surface area contributed by atoms with Gasteiger partial charge in [-0.15, -0.1) is 0 Å². The number of benzene rings is 3. The maximum atomic E-state index is 13.1. The number of anilines is 1. The van der Waals surface area contributed by atoms with Crippen LogP contribution in [0.2, 0.25) is 0 Å². The molecule has 1 saturated heterocycles. The van der Waals surface area contributed by atoms with Crippen molar-refractivity contribution in [3.05, 3.63) is 84.2 Å². The highest BCUT2D eigenvalue weighted by Crippen LogP contribution is 2.35. The summed E-state index contributed by atoms with van der Waals surface area (Å²) in [6.07, 6.45) is 3.29. The SMILES string of the molecule is CCc1ccccc1N1C[C@H](c2nc3ccccc3n2CCCCOc2ccc(OC)cc2)CC1=O. The number of nitrogens with zero attached hydrogens (tertiary/aromatic N) is 3. The van der Waals surface area contributed by atoms with Crippen LogP contribution in [-0.2, 0) is 17.8 Å². The summed E-state index contributed by atoms with van der Waals surface area (Å²) in [5.74, 6) is 2.93. The molecule has 2 heterocycles. The van der Waals surface area contributed by atoms with Crippen molar-refractivity contribution in [1.82, 2.24) is 9.55 Å². The minimum atomic E-state index is 0.0744. The van der Waals surface area contributed by atoms with E-state index in [1.165, 1.54) is 5.56 Å². The minimum absolute atomic E-state index is 0.0744. The molecule has 1 aliphatic heterocycles. The number of carbonyl (C=O) groups excluding carboxylic acids is 1. The zero-order valence-electron chi connectivity index (χ0n) is 21.0. The quantitative estimate of drug-likeness (QED) is 0.260. The fraction of sp³-hybridized carbons (Fsp3) is 0.333. The van der Waals surface area contributed by atoms with Gasteiger partial charge in [0.2, 0.25) is 5.91 Å². The van der Waals surface area contributed by atoms with Gasteiger partial charge in [-0.05, 0) is 67.3 Å². The van der Waals surface area contributed by atoms with E-state index >= 15 is 0 Å². The molecule has 0 saturated carbocycles.